The predicted molar refractivity (Wildman–Crippen MR) is 82.5 cm³/mol. The highest BCUT2D eigenvalue weighted by Gasteiger charge is 2.16. The van der Waals surface area contributed by atoms with Crippen molar-refractivity contribution in [1.29, 1.82) is 0 Å². The first-order valence-corrected chi connectivity index (χ1v) is 8.24. The van der Waals surface area contributed by atoms with Crippen molar-refractivity contribution in [1.82, 2.24) is 10.3 Å². The maximum Gasteiger partial charge on any atom is 0.258 e. The number of aromatic nitrogens is 1. The largest absolute Gasteiger partial charge is 0.311 e. The summed E-state index contributed by atoms with van der Waals surface area (Å²) >= 11 is 5.34. The second kappa shape index (κ2) is 5.24. The number of thiazole rings is 1. The number of hydrogen-bond donors (Lipinski definition) is 2. The molecule has 3 heterocycles. The Morgan fingerprint density at radius 1 is 1.56 bits per heavy atom. The SMILES string of the molecule is O=C(Nc1nc2c(s1)CNCC2)c1csc(I)c1. The number of thiophene rings is 1. The molecule has 2 aromatic rings. The molecule has 0 radical (unpaired) electrons. The summed E-state index contributed by atoms with van der Waals surface area (Å²) in [6, 6.07) is 1.88. The van der Waals surface area contributed by atoms with Gasteiger partial charge in [0.05, 0.1) is 14.1 Å². The van der Waals surface area contributed by atoms with E-state index in [0.717, 1.165) is 28.1 Å². The molecule has 0 unspecified atom stereocenters. The van der Waals surface area contributed by atoms with E-state index in [1.54, 1.807) is 22.7 Å². The highest BCUT2D eigenvalue weighted by Crippen LogP contribution is 2.26. The van der Waals surface area contributed by atoms with E-state index in [9.17, 15) is 4.79 Å². The van der Waals surface area contributed by atoms with Gasteiger partial charge in [-0.2, -0.15) is 0 Å². The van der Waals surface area contributed by atoms with E-state index < -0.39 is 0 Å². The van der Waals surface area contributed by atoms with Gasteiger partial charge < -0.3 is 5.32 Å². The maximum absolute atomic E-state index is 12.0. The van der Waals surface area contributed by atoms with Crippen LogP contribution in [0.1, 0.15) is 20.9 Å². The monoisotopic (exact) mass is 391 g/mol. The molecule has 3 rings (SSSR count). The van der Waals surface area contributed by atoms with Gasteiger partial charge in [-0.05, 0) is 28.7 Å². The quantitative estimate of drug-likeness (QED) is 0.775. The third-order valence-electron chi connectivity index (χ3n) is 2.65. The van der Waals surface area contributed by atoms with Gasteiger partial charge in [-0.3, -0.25) is 10.1 Å². The molecule has 0 spiro atoms. The molecule has 0 aromatic carbocycles. The zero-order valence-electron chi connectivity index (χ0n) is 9.33. The Morgan fingerprint density at radius 2 is 2.44 bits per heavy atom. The summed E-state index contributed by atoms with van der Waals surface area (Å²) in [4.78, 5) is 17.7. The van der Waals surface area contributed by atoms with Crippen molar-refractivity contribution in [2.45, 2.75) is 13.0 Å². The van der Waals surface area contributed by atoms with Gasteiger partial charge in [-0.1, -0.05) is 0 Å². The lowest BCUT2D eigenvalue weighted by atomic mass is 10.2. The second-order valence-electron chi connectivity index (χ2n) is 3.91. The van der Waals surface area contributed by atoms with Crippen LogP contribution in [0.25, 0.3) is 0 Å². The molecule has 0 atom stereocenters. The van der Waals surface area contributed by atoms with E-state index in [4.69, 9.17) is 0 Å². The molecular weight excluding hydrogens is 381 g/mol. The Labute approximate surface area is 126 Å². The first kappa shape index (κ1) is 12.5. The third kappa shape index (κ3) is 2.58. The van der Waals surface area contributed by atoms with Gasteiger partial charge in [0.15, 0.2) is 5.13 Å². The molecule has 0 aliphatic carbocycles. The highest BCUT2D eigenvalue weighted by molar-refractivity contribution is 14.1. The van der Waals surface area contributed by atoms with E-state index in [2.05, 4.69) is 38.2 Å². The van der Waals surface area contributed by atoms with E-state index in [1.807, 2.05) is 11.4 Å². The summed E-state index contributed by atoms with van der Waals surface area (Å²) in [5.74, 6) is -0.0757. The average molecular weight is 391 g/mol. The average Bonchev–Trinajstić information content (AvgIpc) is 2.94. The number of anilines is 1. The predicted octanol–water partition coefficient (Wildman–Crippen LogP) is 2.71. The van der Waals surface area contributed by atoms with Crippen LogP contribution in [0.2, 0.25) is 0 Å². The molecule has 4 nitrogen and oxygen atoms in total. The lowest BCUT2D eigenvalue weighted by Gasteiger charge is -2.09. The Kier molecular flexibility index (Phi) is 3.64. The number of amides is 1. The maximum atomic E-state index is 12.0. The first-order chi connectivity index (χ1) is 8.72. The van der Waals surface area contributed by atoms with Gasteiger partial charge in [0.2, 0.25) is 0 Å². The van der Waals surface area contributed by atoms with Crippen LogP contribution < -0.4 is 10.6 Å². The summed E-state index contributed by atoms with van der Waals surface area (Å²) in [6.45, 7) is 1.83. The van der Waals surface area contributed by atoms with Crippen LogP contribution in [-0.4, -0.2) is 17.4 Å². The van der Waals surface area contributed by atoms with Crippen LogP contribution in [0.5, 0.6) is 0 Å². The normalized spacial score (nSPS) is 14.3. The molecule has 2 aromatic heterocycles. The number of nitrogens with one attached hydrogen (secondary N) is 2. The van der Waals surface area contributed by atoms with E-state index >= 15 is 0 Å². The van der Waals surface area contributed by atoms with Crippen LogP contribution in [0.15, 0.2) is 11.4 Å². The van der Waals surface area contributed by atoms with Crippen LogP contribution >= 0.6 is 45.3 Å². The van der Waals surface area contributed by atoms with Crippen molar-refractivity contribution < 1.29 is 4.79 Å². The van der Waals surface area contributed by atoms with Crippen molar-refractivity contribution in [2.24, 2.45) is 0 Å². The number of hydrogen-bond acceptors (Lipinski definition) is 5. The Balaban J connectivity index is 1.76. The van der Waals surface area contributed by atoms with Crippen LogP contribution in [0, 0.1) is 2.88 Å². The van der Waals surface area contributed by atoms with Gasteiger partial charge in [0.1, 0.15) is 0 Å². The van der Waals surface area contributed by atoms with Gasteiger partial charge in [0, 0.05) is 29.8 Å². The van der Waals surface area contributed by atoms with Crippen molar-refractivity contribution >= 4 is 56.3 Å². The molecular formula is C11H10IN3OS2. The van der Waals surface area contributed by atoms with Crippen molar-refractivity contribution in [3.8, 4) is 0 Å². The minimum atomic E-state index is -0.0757. The van der Waals surface area contributed by atoms with Crippen LogP contribution in [0.3, 0.4) is 0 Å². The Morgan fingerprint density at radius 3 is 3.17 bits per heavy atom. The molecule has 0 saturated carbocycles. The zero-order valence-corrected chi connectivity index (χ0v) is 13.1. The van der Waals surface area contributed by atoms with Crippen molar-refractivity contribution in [2.75, 3.05) is 11.9 Å². The molecule has 7 heteroatoms. The number of nitrogens with zero attached hydrogens (tertiary/aromatic N) is 1. The van der Waals surface area contributed by atoms with Gasteiger partial charge in [-0.25, -0.2) is 4.98 Å². The molecule has 2 N–H and O–H groups in total. The number of fused-ring (bicyclic) bond motifs is 1. The van der Waals surface area contributed by atoms with Crippen molar-refractivity contribution in [3.63, 3.8) is 0 Å². The molecule has 0 saturated heterocycles. The molecule has 1 aliphatic rings. The molecule has 18 heavy (non-hydrogen) atoms. The Bertz CT molecular complexity index is 569. The topological polar surface area (TPSA) is 54.0 Å². The first-order valence-electron chi connectivity index (χ1n) is 5.47. The lowest BCUT2D eigenvalue weighted by molar-refractivity contribution is 0.102. The number of carbonyl (C=O) groups excluding carboxylic acids is 1. The molecule has 0 bridgehead atoms. The van der Waals surface area contributed by atoms with E-state index in [0.29, 0.717) is 10.7 Å². The summed E-state index contributed by atoms with van der Waals surface area (Å²) in [5, 5.41) is 8.74. The summed E-state index contributed by atoms with van der Waals surface area (Å²) in [7, 11) is 0. The molecule has 0 fully saturated rings. The lowest BCUT2D eigenvalue weighted by Crippen LogP contribution is -2.22. The van der Waals surface area contributed by atoms with Crippen LogP contribution in [-0.2, 0) is 13.0 Å². The van der Waals surface area contributed by atoms with E-state index in [-0.39, 0.29) is 5.91 Å². The van der Waals surface area contributed by atoms with Gasteiger partial charge in [0.25, 0.3) is 5.91 Å². The van der Waals surface area contributed by atoms with Gasteiger partial charge >= 0.3 is 0 Å². The molecule has 1 aliphatic heterocycles. The summed E-state index contributed by atoms with van der Waals surface area (Å²) < 4.78 is 1.11. The summed E-state index contributed by atoms with van der Waals surface area (Å²) in [5.41, 5.74) is 1.82. The smallest absolute Gasteiger partial charge is 0.258 e. The number of halogens is 1. The van der Waals surface area contributed by atoms with Crippen molar-refractivity contribution in [3.05, 3.63) is 30.5 Å². The fourth-order valence-corrected chi connectivity index (χ4v) is 4.08. The number of carbonyl (C=O) groups is 1. The fraction of sp³-hybridized carbons (Fsp3) is 0.273. The molecule has 94 valence electrons. The minimum Gasteiger partial charge on any atom is -0.311 e. The van der Waals surface area contributed by atoms with Crippen LogP contribution in [0.4, 0.5) is 5.13 Å². The second-order valence-corrected chi connectivity index (χ2v) is 7.80. The standard InChI is InChI=1S/C11H10IN3OS2/c12-9-3-6(5-17-9)10(16)15-11-14-7-1-2-13-4-8(7)18-11/h3,5,13H,1-2,4H2,(H,14,15,16). The van der Waals surface area contributed by atoms with Gasteiger partial charge in [-0.15, -0.1) is 22.7 Å². The van der Waals surface area contributed by atoms with E-state index in [1.165, 1.54) is 4.88 Å². The highest BCUT2D eigenvalue weighted by atomic mass is 127. The zero-order chi connectivity index (χ0) is 12.5. The Hall–Kier alpha value is -0.510. The number of rotatable bonds is 2. The third-order valence-corrected chi connectivity index (χ3v) is 5.45. The summed E-state index contributed by atoms with van der Waals surface area (Å²) in [6.07, 6.45) is 0.943. The molecule has 1 amide bonds. The minimum absolute atomic E-state index is 0.0757. The fourth-order valence-electron chi connectivity index (χ4n) is 1.78.